The third-order valence-corrected chi connectivity index (χ3v) is 2.85. The van der Waals surface area contributed by atoms with E-state index in [0.717, 1.165) is 23.0 Å². The van der Waals surface area contributed by atoms with E-state index in [1.807, 2.05) is 30.3 Å². The minimum atomic E-state index is -0.0337. The molecule has 0 saturated heterocycles. The topological polar surface area (TPSA) is 29.1 Å². The smallest absolute Gasteiger partial charge is 0.243 e. The maximum absolute atomic E-state index is 11.5. The van der Waals surface area contributed by atoms with Gasteiger partial charge >= 0.3 is 0 Å². The van der Waals surface area contributed by atoms with E-state index >= 15 is 0 Å². The van der Waals surface area contributed by atoms with Crippen LogP contribution in [0, 0.1) is 5.92 Å². The summed E-state index contributed by atoms with van der Waals surface area (Å²) in [6.45, 7) is 5.02. The minimum Gasteiger partial charge on any atom is -0.353 e. The monoisotopic (exact) mass is 295 g/mol. The molecule has 1 rings (SSSR count). The van der Waals surface area contributed by atoms with Crippen LogP contribution < -0.4 is 5.32 Å². The predicted molar refractivity (Wildman–Crippen MR) is 75.6 cm³/mol. The van der Waals surface area contributed by atoms with Crippen LogP contribution in [0.4, 0.5) is 0 Å². The third kappa shape index (κ3) is 6.27. The average molecular weight is 296 g/mol. The minimum absolute atomic E-state index is 0.0337. The van der Waals surface area contributed by atoms with Gasteiger partial charge in [-0.05, 0) is 36.1 Å². The second kappa shape index (κ2) is 7.28. The van der Waals surface area contributed by atoms with E-state index in [1.54, 1.807) is 6.08 Å². The Morgan fingerprint density at radius 1 is 1.35 bits per heavy atom. The molecule has 1 amide bonds. The summed E-state index contributed by atoms with van der Waals surface area (Å²) in [4.78, 5) is 11.5. The average Bonchev–Trinajstić information content (AvgIpc) is 2.28. The zero-order valence-corrected chi connectivity index (χ0v) is 11.8. The Balaban J connectivity index is 2.37. The molecule has 0 aliphatic heterocycles. The summed E-state index contributed by atoms with van der Waals surface area (Å²) >= 11 is 3.37. The third-order valence-electron chi connectivity index (χ3n) is 2.32. The fourth-order valence-electron chi connectivity index (χ4n) is 1.29. The first-order chi connectivity index (χ1) is 8.08. The largest absolute Gasteiger partial charge is 0.353 e. The summed E-state index contributed by atoms with van der Waals surface area (Å²) in [5, 5.41) is 2.86. The number of carbonyl (C=O) groups excluding carboxylic acids is 1. The van der Waals surface area contributed by atoms with Crippen molar-refractivity contribution in [2.45, 2.75) is 20.3 Å². The summed E-state index contributed by atoms with van der Waals surface area (Å²) in [6, 6.07) is 7.83. The lowest BCUT2D eigenvalue weighted by Gasteiger charge is -2.04. The van der Waals surface area contributed by atoms with Crippen LogP contribution in [0.1, 0.15) is 25.8 Å². The summed E-state index contributed by atoms with van der Waals surface area (Å²) < 4.78 is 1.04. The highest BCUT2D eigenvalue weighted by atomic mass is 79.9. The Bertz CT molecular complexity index is 382. The summed E-state index contributed by atoms with van der Waals surface area (Å²) in [5.74, 6) is 0.583. The number of benzene rings is 1. The molecule has 92 valence electrons. The second-order valence-electron chi connectivity index (χ2n) is 4.36. The van der Waals surface area contributed by atoms with E-state index in [4.69, 9.17) is 0 Å². The predicted octanol–water partition coefficient (Wildman–Crippen LogP) is 3.62. The Labute approximate surface area is 111 Å². The zero-order chi connectivity index (χ0) is 12.7. The molecular weight excluding hydrogens is 278 g/mol. The Kier molecular flexibility index (Phi) is 5.98. The molecule has 0 radical (unpaired) electrons. The molecule has 0 aliphatic rings. The van der Waals surface area contributed by atoms with Crippen LogP contribution in [0.5, 0.6) is 0 Å². The lowest BCUT2D eigenvalue weighted by molar-refractivity contribution is -0.116. The summed E-state index contributed by atoms with van der Waals surface area (Å²) in [6.07, 6.45) is 4.40. The number of rotatable bonds is 5. The van der Waals surface area contributed by atoms with E-state index in [0.29, 0.717) is 5.92 Å². The van der Waals surface area contributed by atoms with E-state index in [1.165, 1.54) is 0 Å². The van der Waals surface area contributed by atoms with Gasteiger partial charge in [0, 0.05) is 17.1 Å². The Morgan fingerprint density at radius 3 is 2.59 bits per heavy atom. The molecule has 2 nitrogen and oxygen atoms in total. The molecule has 3 heteroatoms. The number of halogens is 1. The van der Waals surface area contributed by atoms with Gasteiger partial charge in [0.2, 0.25) is 5.91 Å². The quantitative estimate of drug-likeness (QED) is 0.826. The second-order valence-corrected chi connectivity index (χ2v) is 5.27. The standard InChI is InChI=1S/C14H18BrNO/c1-11(2)9-10-16-14(17)8-5-12-3-6-13(15)7-4-12/h3-8,11H,9-10H2,1-2H3,(H,16,17)/b8-5+. The number of hydrogen-bond acceptors (Lipinski definition) is 1. The maximum Gasteiger partial charge on any atom is 0.243 e. The highest BCUT2D eigenvalue weighted by molar-refractivity contribution is 9.10. The lowest BCUT2D eigenvalue weighted by atomic mass is 10.1. The molecule has 0 aliphatic carbocycles. The van der Waals surface area contributed by atoms with Gasteiger partial charge in [-0.25, -0.2) is 0 Å². The molecule has 1 N–H and O–H groups in total. The van der Waals surface area contributed by atoms with Gasteiger partial charge in [0.1, 0.15) is 0 Å². The number of hydrogen-bond donors (Lipinski definition) is 1. The zero-order valence-electron chi connectivity index (χ0n) is 10.2. The van der Waals surface area contributed by atoms with Crippen molar-refractivity contribution in [1.29, 1.82) is 0 Å². The molecule has 0 unspecified atom stereocenters. The van der Waals surface area contributed by atoms with Gasteiger partial charge in [0.15, 0.2) is 0 Å². The fourth-order valence-corrected chi connectivity index (χ4v) is 1.55. The molecule has 0 aromatic heterocycles. The SMILES string of the molecule is CC(C)CCNC(=O)/C=C/c1ccc(Br)cc1. The van der Waals surface area contributed by atoms with Crippen molar-refractivity contribution in [3.8, 4) is 0 Å². The Hall–Kier alpha value is -1.09. The first-order valence-corrected chi connectivity index (χ1v) is 6.58. The number of amides is 1. The van der Waals surface area contributed by atoms with Crippen LogP contribution >= 0.6 is 15.9 Å². The molecule has 1 aromatic carbocycles. The van der Waals surface area contributed by atoms with E-state index in [9.17, 15) is 4.79 Å². The van der Waals surface area contributed by atoms with Gasteiger partial charge in [-0.15, -0.1) is 0 Å². The van der Waals surface area contributed by atoms with Crippen molar-refractivity contribution >= 4 is 27.9 Å². The van der Waals surface area contributed by atoms with Crippen molar-refractivity contribution in [2.75, 3.05) is 6.54 Å². The summed E-state index contributed by atoms with van der Waals surface area (Å²) in [5.41, 5.74) is 1.02. The van der Waals surface area contributed by atoms with Crippen LogP contribution in [-0.2, 0) is 4.79 Å². The first-order valence-electron chi connectivity index (χ1n) is 5.79. The lowest BCUT2D eigenvalue weighted by Crippen LogP contribution is -2.23. The van der Waals surface area contributed by atoms with Crippen LogP contribution in [0.2, 0.25) is 0 Å². The van der Waals surface area contributed by atoms with Gasteiger partial charge in [0.25, 0.3) is 0 Å². The number of nitrogens with one attached hydrogen (secondary N) is 1. The van der Waals surface area contributed by atoms with Crippen molar-refractivity contribution < 1.29 is 4.79 Å². The van der Waals surface area contributed by atoms with Crippen molar-refractivity contribution in [3.63, 3.8) is 0 Å². The molecule has 0 saturated carbocycles. The molecule has 0 spiro atoms. The Morgan fingerprint density at radius 2 is 2.00 bits per heavy atom. The van der Waals surface area contributed by atoms with E-state index in [-0.39, 0.29) is 5.91 Å². The van der Waals surface area contributed by atoms with Crippen LogP contribution in [0.3, 0.4) is 0 Å². The van der Waals surface area contributed by atoms with E-state index < -0.39 is 0 Å². The molecule has 0 bridgehead atoms. The van der Waals surface area contributed by atoms with E-state index in [2.05, 4.69) is 35.1 Å². The molecule has 0 atom stereocenters. The molecule has 17 heavy (non-hydrogen) atoms. The highest BCUT2D eigenvalue weighted by Gasteiger charge is 1.97. The molecule has 0 fully saturated rings. The van der Waals surface area contributed by atoms with Crippen LogP contribution in [0.15, 0.2) is 34.8 Å². The van der Waals surface area contributed by atoms with Crippen molar-refractivity contribution in [2.24, 2.45) is 5.92 Å². The van der Waals surface area contributed by atoms with Gasteiger partial charge < -0.3 is 5.32 Å². The number of carbonyl (C=O) groups is 1. The summed E-state index contributed by atoms with van der Waals surface area (Å²) in [7, 11) is 0. The van der Waals surface area contributed by atoms with Crippen LogP contribution in [-0.4, -0.2) is 12.5 Å². The van der Waals surface area contributed by atoms with Gasteiger partial charge in [-0.2, -0.15) is 0 Å². The normalized spacial score (nSPS) is 11.1. The maximum atomic E-state index is 11.5. The molecular formula is C14H18BrNO. The fraction of sp³-hybridized carbons (Fsp3) is 0.357. The molecule has 0 heterocycles. The highest BCUT2D eigenvalue weighted by Crippen LogP contribution is 2.11. The molecule has 1 aromatic rings. The van der Waals surface area contributed by atoms with Crippen molar-refractivity contribution in [1.82, 2.24) is 5.32 Å². The van der Waals surface area contributed by atoms with Crippen LogP contribution in [0.25, 0.3) is 6.08 Å². The first kappa shape index (κ1) is 14.0. The van der Waals surface area contributed by atoms with Gasteiger partial charge in [-0.3, -0.25) is 4.79 Å². The van der Waals surface area contributed by atoms with Crippen molar-refractivity contribution in [3.05, 3.63) is 40.4 Å². The van der Waals surface area contributed by atoms with Gasteiger partial charge in [-0.1, -0.05) is 41.9 Å². The van der Waals surface area contributed by atoms with Gasteiger partial charge in [0.05, 0.1) is 0 Å².